The highest BCUT2D eigenvalue weighted by molar-refractivity contribution is 6.32. The van der Waals surface area contributed by atoms with Crippen LogP contribution in [0.3, 0.4) is 0 Å². The van der Waals surface area contributed by atoms with E-state index in [9.17, 15) is 14.4 Å². The molecule has 0 fully saturated rings. The predicted molar refractivity (Wildman–Crippen MR) is 162 cm³/mol. The number of carbonyl (C=O) groups is 3. The highest BCUT2D eigenvalue weighted by Crippen LogP contribution is 2.28. The zero-order chi connectivity index (χ0) is 29.8. The number of esters is 3. The second kappa shape index (κ2) is 16.2. The molecular weight excluding hydrogens is 563 g/mol. The maximum Gasteiger partial charge on any atom is 0.343 e. The lowest BCUT2D eigenvalue weighted by Crippen LogP contribution is -2.25. The van der Waals surface area contributed by atoms with Gasteiger partial charge in [-0.25, -0.2) is 4.79 Å². The van der Waals surface area contributed by atoms with Crippen LogP contribution in [0, 0.1) is 5.92 Å². The van der Waals surface area contributed by atoms with Gasteiger partial charge in [0.05, 0.1) is 10.6 Å². The van der Waals surface area contributed by atoms with Crippen molar-refractivity contribution < 1.29 is 28.6 Å². The van der Waals surface area contributed by atoms with Crippen molar-refractivity contribution in [1.82, 2.24) is 0 Å². The van der Waals surface area contributed by atoms with Gasteiger partial charge in [-0.15, -0.1) is 11.6 Å². The number of halogens is 2. The molecule has 0 aliphatic heterocycles. The highest BCUT2D eigenvalue weighted by atomic mass is 35.5. The van der Waals surface area contributed by atoms with Crippen LogP contribution in [-0.4, -0.2) is 23.3 Å². The van der Waals surface area contributed by atoms with Crippen molar-refractivity contribution in [2.45, 2.75) is 71.1 Å². The molecule has 3 aromatic rings. The molecule has 0 aromatic heterocycles. The van der Waals surface area contributed by atoms with Gasteiger partial charge in [0.25, 0.3) is 0 Å². The van der Waals surface area contributed by atoms with Gasteiger partial charge < -0.3 is 14.2 Å². The molecule has 0 bridgehead atoms. The summed E-state index contributed by atoms with van der Waals surface area (Å²) in [7, 11) is 0. The SMILES string of the molecule is CCCCCCCCC(=O)Oc1ccc(C(=O)Oc2ccc(-c3ccc(OC(=O)C(Cl)C(C)C)cc3)cc2)cc1Cl. The lowest BCUT2D eigenvalue weighted by atomic mass is 10.1. The lowest BCUT2D eigenvalue weighted by Gasteiger charge is -2.12. The molecular formula is C33H36Cl2O6. The highest BCUT2D eigenvalue weighted by Gasteiger charge is 2.21. The van der Waals surface area contributed by atoms with E-state index in [-0.39, 0.29) is 28.2 Å². The van der Waals surface area contributed by atoms with Crippen molar-refractivity contribution in [2.24, 2.45) is 5.92 Å². The van der Waals surface area contributed by atoms with E-state index in [1.165, 1.54) is 37.5 Å². The fraction of sp³-hybridized carbons (Fsp3) is 0.364. The minimum Gasteiger partial charge on any atom is -0.425 e. The molecule has 41 heavy (non-hydrogen) atoms. The van der Waals surface area contributed by atoms with Crippen LogP contribution in [0.1, 0.15) is 76.1 Å². The summed E-state index contributed by atoms with van der Waals surface area (Å²) >= 11 is 12.3. The maximum absolute atomic E-state index is 12.7. The second-order valence-corrected chi connectivity index (χ2v) is 11.0. The van der Waals surface area contributed by atoms with Crippen LogP contribution in [0.25, 0.3) is 11.1 Å². The van der Waals surface area contributed by atoms with Gasteiger partial charge in [0.2, 0.25) is 0 Å². The quantitative estimate of drug-likeness (QED) is 0.0796. The topological polar surface area (TPSA) is 78.9 Å². The number of alkyl halides is 1. The van der Waals surface area contributed by atoms with Gasteiger partial charge in [0, 0.05) is 6.42 Å². The van der Waals surface area contributed by atoms with Gasteiger partial charge in [-0.2, -0.15) is 0 Å². The summed E-state index contributed by atoms with van der Waals surface area (Å²) < 4.78 is 16.2. The van der Waals surface area contributed by atoms with E-state index in [0.717, 1.165) is 30.4 Å². The molecule has 0 N–H and O–H groups in total. The first-order valence-electron chi connectivity index (χ1n) is 14.0. The molecule has 218 valence electrons. The average molecular weight is 600 g/mol. The third-order valence-electron chi connectivity index (χ3n) is 6.41. The Morgan fingerprint density at radius 2 is 1.29 bits per heavy atom. The normalized spacial score (nSPS) is 11.7. The summed E-state index contributed by atoms with van der Waals surface area (Å²) in [6, 6.07) is 18.5. The first-order chi connectivity index (χ1) is 19.7. The van der Waals surface area contributed by atoms with Crippen molar-refractivity contribution >= 4 is 41.1 Å². The molecule has 0 amide bonds. The Morgan fingerprint density at radius 1 is 0.732 bits per heavy atom. The zero-order valence-corrected chi connectivity index (χ0v) is 25.2. The molecule has 8 heteroatoms. The average Bonchev–Trinajstić information content (AvgIpc) is 2.96. The Morgan fingerprint density at radius 3 is 1.85 bits per heavy atom. The zero-order valence-electron chi connectivity index (χ0n) is 23.7. The van der Waals surface area contributed by atoms with Crippen molar-refractivity contribution in [3.05, 3.63) is 77.3 Å². The minimum atomic E-state index is -0.712. The van der Waals surface area contributed by atoms with Gasteiger partial charge in [-0.1, -0.05) is 88.7 Å². The molecule has 0 spiro atoms. The van der Waals surface area contributed by atoms with Crippen LogP contribution in [-0.2, 0) is 9.59 Å². The molecule has 0 saturated carbocycles. The fourth-order valence-corrected chi connectivity index (χ4v) is 4.24. The van der Waals surface area contributed by atoms with E-state index in [1.807, 2.05) is 38.1 Å². The third kappa shape index (κ3) is 10.2. The van der Waals surface area contributed by atoms with Crippen molar-refractivity contribution in [3.8, 4) is 28.4 Å². The number of hydrogen-bond donors (Lipinski definition) is 0. The summed E-state index contributed by atoms with van der Waals surface area (Å²) in [6.45, 7) is 5.87. The summed E-state index contributed by atoms with van der Waals surface area (Å²) in [4.78, 5) is 36.9. The molecule has 6 nitrogen and oxygen atoms in total. The van der Waals surface area contributed by atoms with Crippen LogP contribution in [0.15, 0.2) is 66.7 Å². The Bertz CT molecular complexity index is 1300. The second-order valence-electron chi connectivity index (χ2n) is 10.1. The third-order valence-corrected chi connectivity index (χ3v) is 7.38. The summed E-state index contributed by atoms with van der Waals surface area (Å²) in [6.07, 6.45) is 6.78. The number of benzene rings is 3. The Kier molecular flexibility index (Phi) is 12.7. The van der Waals surface area contributed by atoms with Crippen LogP contribution < -0.4 is 14.2 Å². The van der Waals surface area contributed by atoms with E-state index in [1.54, 1.807) is 24.3 Å². The molecule has 0 saturated heterocycles. The van der Waals surface area contributed by atoms with Crippen molar-refractivity contribution in [1.29, 1.82) is 0 Å². The van der Waals surface area contributed by atoms with E-state index < -0.39 is 17.3 Å². The van der Waals surface area contributed by atoms with Gasteiger partial charge in [0.15, 0.2) is 0 Å². The van der Waals surface area contributed by atoms with Crippen molar-refractivity contribution in [3.63, 3.8) is 0 Å². The van der Waals surface area contributed by atoms with E-state index in [0.29, 0.717) is 17.9 Å². The van der Waals surface area contributed by atoms with Gasteiger partial charge >= 0.3 is 17.9 Å². The number of ether oxygens (including phenoxy) is 3. The molecule has 3 aromatic carbocycles. The van der Waals surface area contributed by atoms with Gasteiger partial charge in [-0.05, 0) is 65.9 Å². The number of unbranched alkanes of at least 4 members (excludes halogenated alkanes) is 5. The van der Waals surface area contributed by atoms with Gasteiger partial charge in [0.1, 0.15) is 22.6 Å². The standard InChI is InChI=1S/C33H36Cl2O6/c1-4-5-6-7-8-9-10-30(36)41-29-20-15-25(21-28(29)34)32(37)39-26-16-11-23(12-17-26)24-13-18-27(19-14-24)40-33(38)31(35)22(2)3/h11-22,31H,4-10H2,1-3H3. The lowest BCUT2D eigenvalue weighted by molar-refractivity contribution is -0.135. The molecule has 0 aliphatic carbocycles. The summed E-state index contributed by atoms with van der Waals surface area (Å²) in [5.74, 6) is -0.466. The molecule has 0 radical (unpaired) electrons. The van der Waals surface area contributed by atoms with Crippen LogP contribution in [0.2, 0.25) is 5.02 Å². The predicted octanol–water partition coefficient (Wildman–Crippen LogP) is 9.05. The van der Waals surface area contributed by atoms with Gasteiger partial charge in [-0.3, -0.25) is 9.59 Å². The summed E-state index contributed by atoms with van der Waals surface area (Å²) in [5, 5.41) is -0.554. The van der Waals surface area contributed by atoms with Crippen LogP contribution >= 0.6 is 23.2 Å². The molecule has 1 unspecified atom stereocenters. The number of carbonyl (C=O) groups excluding carboxylic acids is 3. The Labute approximate surface area is 251 Å². The molecule has 0 heterocycles. The van der Waals surface area contributed by atoms with E-state index >= 15 is 0 Å². The minimum absolute atomic E-state index is 0.0309. The smallest absolute Gasteiger partial charge is 0.343 e. The van der Waals surface area contributed by atoms with E-state index in [2.05, 4.69) is 6.92 Å². The van der Waals surface area contributed by atoms with Crippen LogP contribution in [0.4, 0.5) is 0 Å². The molecule has 3 rings (SSSR count). The molecule has 1 atom stereocenters. The van der Waals surface area contributed by atoms with Crippen LogP contribution in [0.5, 0.6) is 17.2 Å². The van der Waals surface area contributed by atoms with E-state index in [4.69, 9.17) is 37.4 Å². The maximum atomic E-state index is 12.7. The first-order valence-corrected chi connectivity index (χ1v) is 14.8. The van der Waals surface area contributed by atoms with Crippen molar-refractivity contribution in [2.75, 3.05) is 0 Å². The Balaban J connectivity index is 1.52. The largest absolute Gasteiger partial charge is 0.425 e. The first kappa shape index (κ1) is 32.2. The molecule has 0 aliphatic rings. The fourth-order valence-electron chi connectivity index (χ4n) is 3.98. The summed E-state index contributed by atoms with van der Waals surface area (Å²) in [5.41, 5.74) is 2.01. The number of hydrogen-bond acceptors (Lipinski definition) is 6. The number of rotatable bonds is 14. The Hall–Kier alpha value is -3.35. The monoisotopic (exact) mass is 598 g/mol.